The maximum Gasteiger partial charge on any atom is 0.133 e. The van der Waals surface area contributed by atoms with Crippen LogP contribution in [0.15, 0.2) is 134 Å². The molecule has 53 heavy (non-hydrogen) atoms. The molecule has 8 rings (SSSR count). The van der Waals surface area contributed by atoms with Gasteiger partial charge in [0, 0.05) is 53.1 Å². The van der Waals surface area contributed by atoms with Gasteiger partial charge in [-0.3, -0.25) is 0 Å². The second kappa shape index (κ2) is 13.6. The minimum atomic E-state index is -0.217. The summed E-state index contributed by atoms with van der Waals surface area (Å²) in [7, 11) is 0. The van der Waals surface area contributed by atoms with E-state index in [0.29, 0.717) is 0 Å². The fourth-order valence-electron chi connectivity index (χ4n) is 8.52. The van der Waals surface area contributed by atoms with E-state index in [1.807, 2.05) is 12.4 Å². The van der Waals surface area contributed by atoms with Crippen molar-refractivity contribution in [2.24, 2.45) is 0 Å². The monoisotopic (exact) mass is 696 g/mol. The molecule has 4 heteroatoms. The van der Waals surface area contributed by atoms with E-state index in [2.05, 4.69) is 173 Å². The minimum absolute atomic E-state index is 0.128. The Morgan fingerprint density at radius 3 is 1.21 bits per heavy atom. The van der Waals surface area contributed by atoms with Crippen molar-refractivity contribution in [2.75, 3.05) is 22.9 Å². The Balaban J connectivity index is 1.12. The maximum atomic E-state index is 4.96. The first-order valence-corrected chi connectivity index (χ1v) is 19.4. The summed E-state index contributed by atoms with van der Waals surface area (Å²) in [5.74, 6) is 2.05. The van der Waals surface area contributed by atoms with Gasteiger partial charge in [0.25, 0.3) is 0 Å². The highest BCUT2D eigenvalue weighted by Gasteiger charge is 2.31. The van der Waals surface area contributed by atoms with Crippen LogP contribution in [0, 0.1) is 0 Å². The summed E-state index contributed by atoms with van der Waals surface area (Å²) in [5.41, 5.74) is 12.7. The van der Waals surface area contributed by atoms with Crippen molar-refractivity contribution in [3.05, 3.63) is 178 Å². The summed E-state index contributed by atoms with van der Waals surface area (Å²) in [6, 6.07) is 44.9. The largest absolute Gasteiger partial charge is 0.326 e. The van der Waals surface area contributed by atoms with Crippen molar-refractivity contribution >= 4 is 23.0 Å². The summed E-state index contributed by atoms with van der Waals surface area (Å²) < 4.78 is 0. The van der Waals surface area contributed by atoms with Crippen molar-refractivity contribution in [1.29, 1.82) is 0 Å². The summed E-state index contributed by atoms with van der Waals surface area (Å²) in [5, 5.41) is 0. The van der Waals surface area contributed by atoms with E-state index in [0.717, 1.165) is 50.4 Å². The van der Waals surface area contributed by atoms with Crippen molar-refractivity contribution < 1.29 is 0 Å². The summed E-state index contributed by atoms with van der Waals surface area (Å²) in [6.45, 7) is 15.9. The first-order valence-electron chi connectivity index (χ1n) is 19.4. The van der Waals surface area contributed by atoms with Gasteiger partial charge in [0.2, 0.25) is 0 Å². The molecule has 0 radical (unpaired) electrons. The van der Waals surface area contributed by atoms with Crippen LogP contribution in [-0.2, 0) is 29.1 Å². The van der Waals surface area contributed by atoms with Gasteiger partial charge in [-0.15, -0.1) is 0 Å². The van der Waals surface area contributed by atoms with Crippen LogP contribution >= 0.6 is 0 Å². The number of anilines is 4. The first kappa shape index (κ1) is 34.8. The van der Waals surface area contributed by atoms with Gasteiger partial charge in [0.15, 0.2) is 0 Å². The van der Waals surface area contributed by atoms with Gasteiger partial charge in [-0.05, 0) is 107 Å². The minimum Gasteiger partial charge on any atom is -0.326 e. The molecule has 0 aliphatic carbocycles. The van der Waals surface area contributed by atoms with E-state index in [1.165, 1.54) is 55.9 Å². The lowest BCUT2D eigenvalue weighted by atomic mass is 9.76. The number of benzene rings is 4. The Kier molecular flexibility index (Phi) is 8.97. The van der Waals surface area contributed by atoms with Gasteiger partial charge in [0.05, 0.1) is 0 Å². The zero-order valence-corrected chi connectivity index (χ0v) is 32.2. The number of hydrogen-bond acceptors (Lipinski definition) is 4. The average molecular weight is 697 g/mol. The Hall–Kier alpha value is -5.22. The second-order valence-corrected chi connectivity index (χ2v) is 16.6. The molecule has 2 aliphatic heterocycles. The molecule has 2 aliphatic rings. The quantitative estimate of drug-likeness (QED) is 0.159. The molecule has 0 atom stereocenters. The van der Waals surface area contributed by atoms with Crippen LogP contribution in [0.5, 0.6) is 0 Å². The Morgan fingerprint density at radius 1 is 0.415 bits per heavy atom. The third kappa shape index (κ3) is 6.43. The van der Waals surface area contributed by atoms with E-state index >= 15 is 0 Å². The van der Waals surface area contributed by atoms with E-state index in [9.17, 15) is 0 Å². The maximum absolute atomic E-state index is 4.96. The van der Waals surface area contributed by atoms with Crippen LogP contribution in [0.1, 0.15) is 98.9 Å². The molecule has 0 saturated carbocycles. The summed E-state index contributed by atoms with van der Waals surface area (Å²) in [4.78, 5) is 14.8. The average Bonchev–Trinajstić information content (AvgIpc) is 3.20. The lowest BCUT2D eigenvalue weighted by molar-refractivity contribution is 0.634. The summed E-state index contributed by atoms with van der Waals surface area (Å²) >= 11 is 0. The van der Waals surface area contributed by atoms with Gasteiger partial charge in [0.1, 0.15) is 11.6 Å². The molecule has 0 spiro atoms. The smallest absolute Gasteiger partial charge is 0.133 e. The van der Waals surface area contributed by atoms with Gasteiger partial charge in [-0.2, -0.15) is 0 Å². The molecule has 2 aromatic heterocycles. The first-order chi connectivity index (χ1) is 25.5. The van der Waals surface area contributed by atoms with Gasteiger partial charge in [-0.25, -0.2) is 9.97 Å². The van der Waals surface area contributed by atoms with Gasteiger partial charge >= 0.3 is 0 Å². The summed E-state index contributed by atoms with van der Waals surface area (Å²) in [6.07, 6.45) is 8.38. The zero-order chi connectivity index (χ0) is 36.8. The van der Waals surface area contributed by atoms with Crippen molar-refractivity contribution in [1.82, 2.24) is 9.97 Å². The molecule has 4 nitrogen and oxygen atoms in total. The van der Waals surface area contributed by atoms with Gasteiger partial charge in [-0.1, -0.05) is 126 Å². The van der Waals surface area contributed by atoms with Crippen molar-refractivity contribution in [3.63, 3.8) is 0 Å². The highest BCUT2D eigenvalue weighted by atomic mass is 15.2. The van der Waals surface area contributed by atoms with Crippen LogP contribution in [-0.4, -0.2) is 23.1 Å². The third-order valence-corrected chi connectivity index (χ3v) is 12.3. The van der Waals surface area contributed by atoms with Crippen LogP contribution in [0.2, 0.25) is 0 Å². The predicted octanol–water partition coefficient (Wildman–Crippen LogP) is 11.6. The molecule has 4 heterocycles. The molecular weight excluding hydrogens is 645 g/mol. The Labute approximate surface area is 316 Å². The van der Waals surface area contributed by atoms with Crippen LogP contribution in [0.4, 0.5) is 23.0 Å². The number of fused-ring (bicyclic) bond motifs is 2. The molecule has 0 bridgehead atoms. The molecule has 6 aromatic rings. The van der Waals surface area contributed by atoms with E-state index in [1.54, 1.807) is 0 Å². The fourth-order valence-corrected chi connectivity index (χ4v) is 8.52. The number of hydrogen-bond donors (Lipinski definition) is 0. The fraction of sp³-hybridized carbons (Fsp3) is 0.306. The molecule has 0 fully saturated rings. The van der Waals surface area contributed by atoms with E-state index in [4.69, 9.17) is 9.97 Å². The van der Waals surface area contributed by atoms with Crippen molar-refractivity contribution in [3.8, 4) is 0 Å². The molecule has 0 unspecified atom stereocenters. The van der Waals surface area contributed by atoms with E-state index < -0.39 is 0 Å². The van der Waals surface area contributed by atoms with Crippen LogP contribution in [0.25, 0.3) is 0 Å². The highest BCUT2D eigenvalue weighted by Crippen LogP contribution is 2.43. The topological polar surface area (TPSA) is 32.3 Å². The number of pyridine rings is 2. The molecule has 268 valence electrons. The number of aryl methyl sites for hydroxylation is 2. The molecule has 0 saturated heterocycles. The Morgan fingerprint density at radius 2 is 0.792 bits per heavy atom. The number of nitrogens with zero attached hydrogens (tertiary/aromatic N) is 4. The zero-order valence-electron chi connectivity index (χ0n) is 32.2. The second-order valence-electron chi connectivity index (χ2n) is 16.6. The third-order valence-electron chi connectivity index (χ3n) is 12.3. The van der Waals surface area contributed by atoms with Gasteiger partial charge < -0.3 is 9.80 Å². The molecular formula is C49H52N4. The molecule has 0 N–H and O–H groups in total. The normalized spacial score (nSPS) is 14.8. The SMILES string of the molecule is CC(C)(c1ccccc1)c1ccnc(N2CCCc3ccc(C(C)(C)c4ccc5c(c4)N(c4cc(C(C)(C)c6ccccc6)ccn4)CCC5)cc32)c1. The molecule has 0 amide bonds. The molecule has 4 aromatic carbocycles. The lowest BCUT2D eigenvalue weighted by Gasteiger charge is -2.36. The number of rotatable bonds is 8. The predicted molar refractivity (Wildman–Crippen MR) is 221 cm³/mol. The van der Waals surface area contributed by atoms with Crippen LogP contribution < -0.4 is 9.80 Å². The van der Waals surface area contributed by atoms with E-state index in [-0.39, 0.29) is 16.2 Å². The highest BCUT2D eigenvalue weighted by molar-refractivity contribution is 5.70. The number of aromatic nitrogens is 2. The van der Waals surface area contributed by atoms with Crippen LogP contribution in [0.3, 0.4) is 0 Å². The standard InChI is InChI=1S/C49H52N4/c1-47(2,37-17-9-7-10-18-37)41-25-27-50-45(33-41)52-29-13-15-35-21-23-39(31-43(35)52)49(5,6)40-24-22-36-16-14-30-53(44(36)32-40)46-34-42(26-28-51-46)48(3,4)38-19-11-8-12-20-38/h7-12,17-28,31-34H,13-16,29-30H2,1-6H3. The lowest BCUT2D eigenvalue weighted by Crippen LogP contribution is -2.29. The Bertz CT molecular complexity index is 2080. The van der Waals surface area contributed by atoms with Crippen molar-refractivity contribution in [2.45, 2.75) is 83.5 Å².